The van der Waals surface area contributed by atoms with Gasteiger partial charge in [0, 0.05) is 71.6 Å². The maximum absolute atomic E-state index is 15.8. The molecule has 16 rings (SSSR count). The second kappa shape index (κ2) is 22.9. The molecule has 0 saturated carbocycles. The Labute approximate surface area is 533 Å². The Bertz CT molecular complexity index is 5350. The fourth-order valence-corrected chi connectivity index (χ4v) is 13.2. The van der Waals surface area contributed by atoms with Gasteiger partial charge in [0.2, 0.25) is 0 Å². The zero-order valence-corrected chi connectivity index (χ0v) is 50.1. The third-order valence-electron chi connectivity index (χ3n) is 17.6. The molecule has 440 valence electrons. The molecule has 16 aromatic rings. The second-order valence-electron chi connectivity index (χ2n) is 23.2. The lowest BCUT2D eigenvalue weighted by atomic mass is 9.90. The fraction of sp³-hybridized carbons (Fsp3) is 0.0241. The van der Waals surface area contributed by atoms with Crippen LogP contribution in [-0.2, 0) is 6.18 Å². The second-order valence-corrected chi connectivity index (χ2v) is 23.2. The first-order valence-electron chi connectivity index (χ1n) is 30.6. The van der Waals surface area contributed by atoms with Crippen molar-refractivity contribution in [3.8, 4) is 119 Å². The molecule has 10 aromatic carbocycles. The van der Waals surface area contributed by atoms with Gasteiger partial charge in [0.1, 0.15) is 0 Å². The summed E-state index contributed by atoms with van der Waals surface area (Å²) in [5.74, 6) is 0. The normalized spacial score (nSPS) is 11.6. The van der Waals surface area contributed by atoms with Crippen LogP contribution in [0.3, 0.4) is 0 Å². The van der Waals surface area contributed by atoms with Crippen molar-refractivity contribution in [3.63, 3.8) is 0 Å². The number of pyridine rings is 4. The molecule has 0 N–H and O–H groups in total. The number of benzene rings is 10. The Morgan fingerprint density at radius 3 is 0.903 bits per heavy atom. The molecule has 6 aromatic heterocycles. The number of hydrogen-bond donors (Lipinski definition) is 0. The number of aromatic nitrogens is 6. The third-order valence-corrected chi connectivity index (χ3v) is 17.6. The smallest absolute Gasteiger partial charge is 0.307 e. The minimum absolute atomic E-state index is 0.0521. The van der Waals surface area contributed by atoms with Gasteiger partial charge in [-0.15, -0.1) is 0 Å². The Morgan fingerprint density at radius 1 is 0.312 bits per heavy atom. The van der Waals surface area contributed by atoms with Crippen LogP contribution in [0.5, 0.6) is 0 Å². The summed E-state index contributed by atoms with van der Waals surface area (Å²) in [5.41, 5.74) is 17.0. The van der Waals surface area contributed by atoms with Crippen molar-refractivity contribution in [3.05, 3.63) is 314 Å². The van der Waals surface area contributed by atoms with Crippen molar-refractivity contribution >= 4 is 43.6 Å². The van der Waals surface area contributed by atoms with Crippen LogP contribution < -0.4 is 0 Å². The van der Waals surface area contributed by atoms with E-state index in [9.17, 15) is 5.26 Å². The van der Waals surface area contributed by atoms with Crippen LogP contribution in [0.2, 0.25) is 0 Å². The van der Waals surface area contributed by atoms with Crippen LogP contribution in [-0.4, -0.2) is 29.1 Å². The summed E-state index contributed by atoms with van der Waals surface area (Å²) in [4.78, 5) is 21.0. The summed E-state index contributed by atoms with van der Waals surface area (Å²) in [6.07, 6.45) is -4.77. The monoisotopic (exact) mass is 1200 g/mol. The molecule has 0 spiro atoms. The van der Waals surface area contributed by atoms with Gasteiger partial charge in [-0.25, -0.2) is 19.9 Å². The number of hydrogen-bond acceptors (Lipinski definition) is 5. The van der Waals surface area contributed by atoms with E-state index < -0.39 is 11.7 Å². The first-order valence-corrected chi connectivity index (χ1v) is 30.6. The minimum atomic E-state index is -4.77. The lowest BCUT2D eigenvalue weighted by molar-refractivity contribution is -0.137. The Hall–Kier alpha value is -12.3. The molecule has 0 aliphatic carbocycles. The molecule has 0 aliphatic heterocycles. The van der Waals surface area contributed by atoms with Crippen LogP contribution in [0.4, 0.5) is 13.2 Å². The van der Waals surface area contributed by atoms with Gasteiger partial charge in [-0.05, 0) is 109 Å². The largest absolute Gasteiger partial charge is 0.417 e. The molecule has 0 aliphatic rings. The number of nitriles is 1. The molecule has 93 heavy (non-hydrogen) atoms. The highest BCUT2D eigenvalue weighted by Gasteiger charge is 2.36. The predicted octanol–water partition coefficient (Wildman–Crippen LogP) is 21.7. The van der Waals surface area contributed by atoms with Gasteiger partial charge in [-0.2, -0.15) is 18.4 Å². The summed E-state index contributed by atoms with van der Waals surface area (Å²) in [7, 11) is 0. The molecule has 6 heterocycles. The summed E-state index contributed by atoms with van der Waals surface area (Å²) in [6.45, 7) is 1.67. The highest BCUT2D eigenvalue weighted by Crippen LogP contribution is 2.47. The zero-order chi connectivity index (χ0) is 62.7. The number of alkyl halides is 3. The predicted molar refractivity (Wildman–Crippen MR) is 370 cm³/mol. The van der Waals surface area contributed by atoms with E-state index in [0.29, 0.717) is 16.9 Å². The van der Waals surface area contributed by atoms with Crippen molar-refractivity contribution in [1.82, 2.24) is 29.1 Å². The lowest BCUT2D eigenvalue weighted by Crippen LogP contribution is -2.10. The number of nitrogens with zero attached hydrogens (tertiary/aromatic N) is 7. The molecule has 10 heteroatoms. The van der Waals surface area contributed by atoms with Crippen LogP contribution in [0.15, 0.2) is 297 Å². The number of halogens is 3. The first-order chi connectivity index (χ1) is 45.6. The van der Waals surface area contributed by atoms with Gasteiger partial charge in [0.05, 0.1) is 96.2 Å². The third kappa shape index (κ3) is 10.1. The molecule has 0 radical (unpaired) electrons. The highest BCUT2D eigenvalue weighted by molar-refractivity contribution is 6.14. The number of fused-ring (bicyclic) bond motifs is 6. The van der Waals surface area contributed by atoms with E-state index in [4.69, 9.17) is 19.9 Å². The topological polar surface area (TPSA) is 85.2 Å². The molecule has 0 atom stereocenters. The van der Waals surface area contributed by atoms with Gasteiger partial charge in [-0.1, -0.05) is 206 Å². The average Bonchev–Trinajstić information content (AvgIpc) is 1.59. The molecule has 0 saturated heterocycles. The van der Waals surface area contributed by atoms with Gasteiger partial charge in [0.15, 0.2) is 0 Å². The Kier molecular flexibility index (Phi) is 13.8. The molecule has 0 amide bonds. The maximum atomic E-state index is 15.8. The van der Waals surface area contributed by atoms with Crippen LogP contribution >= 0.6 is 0 Å². The van der Waals surface area contributed by atoms with E-state index in [0.717, 1.165) is 140 Å². The minimum Gasteiger partial charge on any atom is -0.307 e. The quantitative estimate of drug-likeness (QED) is 0.129. The maximum Gasteiger partial charge on any atom is 0.417 e. The van der Waals surface area contributed by atoms with E-state index in [-0.39, 0.29) is 16.7 Å². The van der Waals surface area contributed by atoms with Crippen molar-refractivity contribution in [2.24, 2.45) is 0 Å². The summed E-state index contributed by atoms with van der Waals surface area (Å²) in [5, 5.41) is 15.2. The number of rotatable bonds is 11. The van der Waals surface area contributed by atoms with Crippen LogP contribution in [0, 0.1) is 18.3 Å². The van der Waals surface area contributed by atoms with Gasteiger partial charge >= 0.3 is 6.18 Å². The first kappa shape index (κ1) is 56.0. The van der Waals surface area contributed by atoms with Crippen molar-refractivity contribution in [1.29, 1.82) is 5.26 Å². The standard InChI is InChI=1S/C83H52F3N7/c1-52-19-14-28-67(83(84,85)86)82(52)66-50-81(93-78-47-59(74-35-17-31-70(90-74)55-24-10-4-11-25-55)39-43-64(78)65-44-40-60(48-79(65)93)75-36-18-32-71(91-75)56-26-12-5-13-27-56)80(49-61(66)51-87)92-76-45-57(72-33-15-29-68(88-72)53-20-6-2-7-21-53)37-41-62(76)63-42-38-58(46-77(63)92)73-34-16-30-69(89-73)54-22-8-3-9-23-54/h2-50H,1H3. The summed E-state index contributed by atoms with van der Waals surface area (Å²) < 4.78 is 51.6. The molecule has 7 nitrogen and oxygen atoms in total. The summed E-state index contributed by atoms with van der Waals surface area (Å²) in [6, 6.07) is 99.7. The number of aryl methyl sites for hydroxylation is 1. The average molecular weight is 1200 g/mol. The van der Waals surface area contributed by atoms with Crippen molar-refractivity contribution in [2.45, 2.75) is 13.1 Å². The van der Waals surface area contributed by atoms with E-state index in [1.807, 2.05) is 194 Å². The Morgan fingerprint density at radius 2 is 0.602 bits per heavy atom. The van der Waals surface area contributed by atoms with Crippen molar-refractivity contribution < 1.29 is 13.2 Å². The van der Waals surface area contributed by atoms with Gasteiger partial charge < -0.3 is 9.13 Å². The van der Waals surface area contributed by atoms with Crippen LogP contribution in [0.1, 0.15) is 16.7 Å². The van der Waals surface area contributed by atoms with E-state index in [2.05, 4.69) is 88.0 Å². The lowest BCUT2D eigenvalue weighted by Gasteiger charge is -2.22. The molecular weight excluding hydrogens is 1150 g/mol. The van der Waals surface area contributed by atoms with Gasteiger partial charge in [-0.3, -0.25) is 0 Å². The highest BCUT2D eigenvalue weighted by atomic mass is 19.4. The summed E-state index contributed by atoms with van der Waals surface area (Å²) >= 11 is 0. The zero-order valence-electron chi connectivity index (χ0n) is 50.1. The van der Waals surface area contributed by atoms with E-state index >= 15 is 13.2 Å². The SMILES string of the molecule is Cc1cccc(C(F)(F)F)c1-c1cc(-n2c3cc(-c4cccc(-c5ccccc5)n4)ccc3c3ccc(-c4cccc(-c5ccccc5)n4)cc32)c(-n2c3cc(-c4cccc(-c5ccccc5)n4)ccc3c3ccc(-c4cccc(-c5ccccc5)n4)cc32)cc1C#N. The Balaban J connectivity index is 1.03. The molecule has 0 fully saturated rings. The van der Waals surface area contributed by atoms with E-state index in [1.54, 1.807) is 25.1 Å². The van der Waals surface area contributed by atoms with Crippen molar-refractivity contribution in [2.75, 3.05) is 0 Å². The molecule has 0 unspecified atom stereocenters. The van der Waals surface area contributed by atoms with Gasteiger partial charge in [0.25, 0.3) is 0 Å². The van der Waals surface area contributed by atoms with Crippen LogP contribution in [0.25, 0.3) is 156 Å². The molecular formula is C83H52F3N7. The van der Waals surface area contributed by atoms with E-state index in [1.165, 1.54) is 6.07 Å². The fourth-order valence-electron chi connectivity index (χ4n) is 13.2. The molecule has 0 bridgehead atoms.